The third-order valence-corrected chi connectivity index (χ3v) is 12.9. The molecule has 2 N–H and O–H groups in total. The molecule has 7 heterocycles. The fourth-order valence-electron chi connectivity index (χ4n) is 9.91. The Kier molecular flexibility index (Phi) is 9.68. The minimum atomic E-state index is -0.348. The number of fused-ring (bicyclic) bond motifs is 3. The molecule has 2 atom stereocenters. The Labute approximate surface area is 326 Å². The Balaban J connectivity index is 0.816. The highest BCUT2D eigenvalue weighted by molar-refractivity contribution is 6.05. The summed E-state index contributed by atoms with van der Waals surface area (Å²) >= 11 is 0. The first kappa shape index (κ1) is 36.3. The zero-order valence-electron chi connectivity index (χ0n) is 32.2. The van der Waals surface area contributed by atoms with Crippen LogP contribution in [0.5, 0.6) is 0 Å². The van der Waals surface area contributed by atoms with Gasteiger partial charge in [0.1, 0.15) is 11.5 Å². The van der Waals surface area contributed by atoms with Crippen LogP contribution < -0.4 is 30.9 Å². The largest absolute Gasteiger partial charge is 0.371 e. The number of pyridine rings is 2. The van der Waals surface area contributed by atoms with E-state index in [1.165, 1.54) is 19.8 Å². The van der Waals surface area contributed by atoms with Crippen LogP contribution >= 0.6 is 0 Å². The summed E-state index contributed by atoms with van der Waals surface area (Å²) in [5, 5.41) is 6.41. The van der Waals surface area contributed by atoms with E-state index in [-0.39, 0.29) is 34.9 Å². The van der Waals surface area contributed by atoms with Gasteiger partial charge in [0.15, 0.2) is 5.78 Å². The fraction of sp³-hybridized carbons (Fsp3) is 0.500. The van der Waals surface area contributed by atoms with Crippen LogP contribution in [0.1, 0.15) is 86.7 Å². The first-order valence-corrected chi connectivity index (χ1v) is 20.3. The number of rotatable bonds is 9. The standard InChI is InChI=1S/C42H50N10O4/c1-26-35-22-44-41(47-39(35)52(29-6-3-4-7-29)40(55)38(26)27(2)53)45-36-13-12-32(21-43-36)49-24-33-10-11-34(25-49)51(33)23-28-14-17-48(18-15-28)30-8-5-9-31(20-30)50-19-16-37(54)46-42(50)56/h5,8-9,12-13,20-22,28-29,33-34H,3-4,6-7,10-11,14-19,23-25H2,1-2H3,(H,46,54,56)(H,43,44,45,47). The molecule has 14 nitrogen and oxygen atoms in total. The van der Waals surface area contributed by atoms with E-state index < -0.39 is 0 Å². The molecule has 1 saturated carbocycles. The molecule has 1 aliphatic carbocycles. The summed E-state index contributed by atoms with van der Waals surface area (Å²) in [6.45, 7) is 8.75. The van der Waals surface area contributed by atoms with Gasteiger partial charge in [-0.05, 0) is 94.2 Å². The van der Waals surface area contributed by atoms with Gasteiger partial charge in [0.2, 0.25) is 11.9 Å². The summed E-state index contributed by atoms with van der Waals surface area (Å²) in [6.07, 6.45) is 12.6. The Morgan fingerprint density at radius 3 is 2.29 bits per heavy atom. The first-order chi connectivity index (χ1) is 27.2. The van der Waals surface area contributed by atoms with Gasteiger partial charge in [-0.25, -0.2) is 14.8 Å². The SMILES string of the molecule is CC(=O)c1c(C)c2cnc(Nc3ccc(N4CC5CCC(C4)N5CC4CCN(c5cccc(N6CCC(=O)NC6=O)c5)CC4)cn3)nc2n(C2CCCC2)c1=O. The van der Waals surface area contributed by atoms with Crippen LogP contribution in [0.15, 0.2) is 53.6 Å². The van der Waals surface area contributed by atoms with Crippen molar-refractivity contribution in [2.24, 2.45) is 5.92 Å². The minimum absolute atomic E-state index is 0.0229. The molecule has 5 aliphatic rings. The van der Waals surface area contributed by atoms with E-state index in [4.69, 9.17) is 9.97 Å². The highest BCUT2D eigenvalue weighted by Crippen LogP contribution is 2.36. The van der Waals surface area contributed by atoms with Gasteiger partial charge in [-0.3, -0.25) is 34.1 Å². The smallest absolute Gasteiger partial charge is 0.328 e. The van der Waals surface area contributed by atoms with Gasteiger partial charge in [-0.15, -0.1) is 0 Å². The first-order valence-electron chi connectivity index (χ1n) is 20.3. The van der Waals surface area contributed by atoms with Gasteiger partial charge in [0.05, 0.1) is 17.4 Å². The van der Waals surface area contributed by atoms with E-state index in [1.54, 1.807) is 22.6 Å². The number of nitrogens with one attached hydrogen (secondary N) is 2. The maximum Gasteiger partial charge on any atom is 0.328 e. The zero-order chi connectivity index (χ0) is 38.5. The third-order valence-electron chi connectivity index (χ3n) is 12.9. The summed E-state index contributed by atoms with van der Waals surface area (Å²) in [5.74, 6) is 1.21. The van der Waals surface area contributed by atoms with Crippen molar-refractivity contribution >= 4 is 57.6 Å². The van der Waals surface area contributed by atoms with Crippen LogP contribution in [0.3, 0.4) is 0 Å². The van der Waals surface area contributed by atoms with Gasteiger partial charge < -0.3 is 15.1 Å². The number of Topliss-reactive ketones (excluding diaryl/α,β-unsaturated/α-hetero) is 1. The highest BCUT2D eigenvalue weighted by Gasteiger charge is 2.41. The summed E-state index contributed by atoms with van der Waals surface area (Å²) in [7, 11) is 0. The van der Waals surface area contributed by atoms with Crippen LogP contribution in [-0.4, -0.2) is 93.5 Å². The number of amides is 3. The number of piperazine rings is 1. The van der Waals surface area contributed by atoms with Crippen LogP contribution in [0.25, 0.3) is 11.0 Å². The molecule has 2 bridgehead atoms. The second-order valence-corrected chi connectivity index (χ2v) is 16.3. The molecule has 292 valence electrons. The van der Waals surface area contributed by atoms with Crippen molar-refractivity contribution in [1.82, 2.24) is 29.7 Å². The van der Waals surface area contributed by atoms with Gasteiger partial charge in [0, 0.05) is 86.8 Å². The van der Waals surface area contributed by atoms with E-state index in [1.807, 2.05) is 24.4 Å². The van der Waals surface area contributed by atoms with Crippen molar-refractivity contribution in [3.05, 3.63) is 70.3 Å². The number of aromatic nitrogens is 4. The lowest BCUT2D eigenvalue weighted by atomic mass is 9.94. The number of ketones is 1. The Hall–Kier alpha value is -5.37. The molecular weight excluding hydrogens is 709 g/mol. The number of hydrogen-bond acceptors (Lipinski definition) is 11. The highest BCUT2D eigenvalue weighted by atomic mass is 16.2. The molecule has 4 aliphatic heterocycles. The minimum Gasteiger partial charge on any atom is -0.371 e. The molecule has 9 rings (SSSR count). The Morgan fingerprint density at radius 2 is 1.59 bits per heavy atom. The number of nitrogens with zero attached hydrogens (tertiary/aromatic N) is 8. The molecule has 4 saturated heterocycles. The van der Waals surface area contributed by atoms with E-state index in [0.717, 1.165) is 93.7 Å². The lowest BCUT2D eigenvalue weighted by Crippen LogP contribution is -2.55. The quantitative estimate of drug-likeness (QED) is 0.206. The summed E-state index contributed by atoms with van der Waals surface area (Å²) in [4.78, 5) is 73.6. The second kappa shape index (κ2) is 14.9. The molecule has 1 aromatic carbocycles. The molecule has 0 radical (unpaired) electrons. The molecule has 3 amide bonds. The fourth-order valence-corrected chi connectivity index (χ4v) is 9.91. The Bertz CT molecular complexity index is 2210. The maximum atomic E-state index is 13.6. The van der Waals surface area contributed by atoms with Gasteiger partial charge in [0.25, 0.3) is 5.56 Å². The van der Waals surface area contributed by atoms with Gasteiger partial charge in [-0.2, -0.15) is 4.98 Å². The number of anilines is 5. The summed E-state index contributed by atoms with van der Waals surface area (Å²) < 4.78 is 1.73. The monoisotopic (exact) mass is 758 g/mol. The zero-order valence-corrected chi connectivity index (χ0v) is 32.2. The lowest BCUT2D eigenvalue weighted by molar-refractivity contribution is -0.120. The van der Waals surface area contributed by atoms with Crippen molar-refractivity contribution in [2.45, 2.75) is 89.8 Å². The molecule has 4 aromatic rings. The van der Waals surface area contributed by atoms with Crippen molar-refractivity contribution in [3.8, 4) is 0 Å². The van der Waals surface area contributed by atoms with Gasteiger partial charge >= 0.3 is 6.03 Å². The average Bonchev–Trinajstić information content (AvgIpc) is 3.79. The van der Waals surface area contributed by atoms with Crippen molar-refractivity contribution in [1.29, 1.82) is 0 Å². The van der Waals surface area contributed by atoms with E-state index in [9.17, 15) is 19.2 Å². The summed E-state index contributed by atoms with van der Waals surface area (Å²) in [5.41, 5.74) is 4.23. The number of piperidine rings is 1. The molecule has 14 heteroatoms. The lowest BCUT2D eigenvalue weighted by Gasteiger charge is -2.44. The number of carbonyl (C=O) groups is 3. The Morgan fingerprint density at radius 1 is 0.839 bits per heavy atom. The number of imide groups is 1. The van der Waals surface area contributed by atoms with Crippen LogP contribution in [0, 0.1) is 12.8 Å². The molecular formula is C42H50N10O4. The van der Waals surface area contributed by atoms with Crippen LogP contribution in [-0.2, 0) is 4.79 Å². The van der Waals surface area contributed by atoms with Gasteiger partial charge in [-0.1, -0.05) is 18.9 Å². The average molecular weight is 759 g/mol. The van der Waals surface area contributed by atoms with E-state index >= 15 is 0 Å². The molecule has 0 spiro atoms. The predicted octanol–water partition coefficient (Wildman–Crippen LogP) is 5.57. The number of hydrogen-bond donors (Lipinski definition) is 2. The number of benzene rings is 1. The third kappa shape index (κ3) is 6.88. The van der Waals surface area contributed by atoms with E-state index in [2.05, 4.69) is 48.5 Å². The van der Waals surface area contributed by atoms with Crippen molar-refractivity contribution in [3.63, 3.8) is 0 Å². The number of aryl methyl sites for hydroxylation is 1. The number of carbonyl (C=O) groups excluding carboxylic acids is 3. The summed E-state index contributed by atoms with van der Waals surface area (Å²) in [6, 6.07) is 12.9. The predicted molar refractivity (Wildman–Crippen MR) is 216 cm³/mol. The molecule has 2 unspecified atom stereocenters. The maximum absolute atomic E-state index is 13.6. The molecule has 3 aromatic heterocycles. The second-order valence-electron chi connectivity index (χ2n) is 16.3. The van der Waals surface area contributed by atoms with E-state index in [0.29, 0.717) is 53.9 Å². The van der Waals surface area contributed by atoms with Crippen LogP contribution in [0.2, 0.25) is 0 Å². The molecule has 5 fully saturated rings. The number of urea groups is 1. The van der Waals surface area contributed by atoms with Crippen LogP contribution in [0.4, 0.5) is 33.6 Å². The molecule has 56 heavy (non-hydrogen) atoms. The van der Waals surface area contributed by atoms with Crippen molar-refractivity contribution < 1.29 is 14.4 Å². The van der Waals surface area contributed by atoms with Crippen molar-refractivity contribution in [2.75, 3.05) is 59.3 Å². The topological polar surface area (TPSA) is 149 Å². The normalized spacial score (nSPS) is 22.3.